The van der Waals surface area contributed by atoms with E-state index in [0.29, 0.717) is 41.0 Å². The minimum absolute atomic E-state index is 0.151. The maximum Gasteiger partial charge on any atom is 0.288 e. The van der Waals surface area contributed by atoms with Gasteiger partial charge < -0.3 is 10.6 Å². The van der Waals surface area contributed by atoms with Crippen LogP contribution in [-0.4, -0.2) is 56.2 Å². The van der Waals surface area contributed by atoms with Gasteiger partial charge in [-0.3, -0.25) is 14.7 Å². The first-order chi connectivity index (χ1) is 18.1. The number of carbonyl (C=O) groups is 1. The summed E-state index contributed by atoms with van der Waals surface area (Å²) in [6, 6.07) is 3.64. The fourth-order valence-electron chi connectivity index (χ4n) is 4.30. The van der Waals surface area contributed by atoms with Crippen LogP contribution in [0.5, 0.6) is 0 Å². The topological polar surface area (TPSA) is 95.9 Å². The van der Waals surface area contributed by atoms with Gasteiger partial charge in [0.15, 0.2) is 0 Å². The van der Waals surface area contributed by atoms with Gasteiger partial charge in [-0.2, -0.15) is 13.2 Å². The highest BCUT2D eigenvalue weighted by Gasteiger charge is 2.27. The molecule has 0 unspecified atom stereocenters. The highest BCUT2D eigenvalue weighted by molar-refractivity contribution is 7.10. The van der Waals surface area contributed by atoms with Gasteiger partial charge in [0.25, 0.3) is 18.3 Å². The number of amides is 1. The second-order valence-corrected chi connectivity index (χ2v) is 10.2. The lowest BCUT2D eigenvalue weighted by Gasteiger charge is -2.31. The number of likely N-dealkylation sites (tertiary alicyclic amines) is 1. The van der Waals surface area contributed by atoms with Crippen molar-refractivity contribution in [2.75, 3.05) is 30.3 Å². The Balaban J connectivity index is 1.31. The number of nitrogens with zero attached hydrogens (tertiary/aromatic N) is 5. The Morgan fingerprint density at radius 3 is 2.53 bits per heavy atom. The van der Waals surface area contributed by atoms with Crippen molar-refractivity contribution in [3.63, 3.8) is 0 Å². The molecule has 0 saturated carbocycles. The Hall–Kier alpha value is -3.19. The smallest absolute Gasteiger partial charge is 0.288 e. The molecule has 4 rings (SSSR count). The predicted octanol–water partition coefficient (Wildman–Crippen LogP) is 5.65. The van der Waals surface area contributed by atoms with Gasteiger partial charge in [0.2, 0.25) is 0 Å². The van der Waals surface area contributed by atoms with E-state index < -0.39 is 23.9 Å². The van der Waals surface area contributed by atoms with Gasteiger partial charge >= 0.3 is 0 Å². The van der Waals surface area contributed by atoms with Crippen LogP contribution in [0.25, 0.3) is 0 Å². The number of hydrogen-bond donors (Lipinski definition) is 2. The lowest BCUT2D eigenvalue weighted by atomic mass is 9.91. The first-order valence-electron chi connectivity index (χ1n) is 12.3. The minimum Gasteiger partial charge on any atom is -0.329 e. The summed E-state index contributed by atoms with van der Waals surface area (Å²) in [6.07, 6.45) is 5.00. The van der Waals surface area contributed by atoms with Crippen molar-refractivity contribution in [1.82, 2.24) is 24.2 Å². The molecular formula is C25H29F4N7OS. The largest absolute Gasteiger partial charge is 0.329 e. The number of halogens is 4. The Bertz CT molecular complexity index is 1210. The van der Waals surface area contributed by atoms with E-state index >= 15 is 0 Å². The maximum absolute atomic E-state index is 13.4. The zero-order valence-corrected chi connectivity index (χ0v) is 21.9. The Labute approximate surface area is 222 Å². The molecule has 1 saturated heterocycles. The Morgan fingerprint density at radius 2 is 1.92 bits per heavy atom. The van der Waals surface area contributed by atoms with Crippen LogP contribution in [0.3, 0.4) is 0 Å². The van der Waals surface area contributed by atoms with Crippen LogP contribution < -0.4 is 10.6 Å². The van der Waals surface area contributed by atoms with Crippen molar-refractivity contribution in [3.05, 3.63) is 53.4 Å². The number of carbonyl (C=O) groups excluding carboxylic acids is 1. The standard InChI is InChI=1S/C25H29F4N7OS/c1-15-22(24(38-35-15)34-21-13-31-19(12-32-21)25(2,28)29)23(37)33-18-6-5-17(30-11-18)4-3-16-7-9-36(10-8-16)14-20(26)27/h5-6,11-13,16,20H,3-4,7-10,14H2,1-2H3,(H,32,34)(H,33,37). The lowest BCUT2D eigenvalue weighted by molar-refractivity contribution is 0.0124. The number of aromatic nitrogens is 4. The average Bonchev–Trinajstić information content (AvgIpc) is 3.23. The van der Waals surface area contributed by atoms with Gasteiger partial charge in [-0.1, -0.05) is 0 Å². The fourth-order valence-corrected chi connectivity index (χ4v) is 5.10. The highest BCUT2D eigenvalue weighted by Crippen LogP contribution is 2.29. The van der Waals surface area contributed by atoms with E-state index in [-0.39, 0.29) is 12.4 Å². The first-order valence-corrected chi connectivity index (χ1v) is 13.1. The van der Waals surface area contributed by atoms with E-state index in [0.717, 1.165) is 56.0 Å². The minimum atomic E-state index is -3.10. The van der Waals surface area contributed by atoms with Gasteiger partial charge in [0.1, 0.15) is 16.5 Å². The van der Waals surface area contributed by atoms with Gasteiger partial charge in [0.05, 0.1) is 42.1 Å². The molecule has 0 radical (unpaired) electrons. The van der Waals surface area contributed by atoms with Crippen molar-refractivity contribution >= 4 is 33.9 Å². The molecule has 4 heterocycles. The molecule has 1 aliphatic heterocycles. The van der Waals surface area contributed by atoms with Crippen LogP contribution >= 0.6 is 11.5 Å². The van der Waals surface area contributed by atoms with Crippen molar-refractivity contribution < 1.29 is 22.4 Å². The monoisotopic (exact) mass is 551 g/mol. The van der Waals surface area contributed by atoms with E-state index in [4.69, 9.17) is 0 Å². The summed E-state index contributed by atoms with van der Waals surface area (Å²) in [4.78, 5) is 27.0. The number of anilines is 3. The molecule has 0 aliphatic carbocycles. The molecule has 8 nitrogen and oxygen atoms in total. The number of rotatable bonds is 10. The molecule has 1 aliphatic rings. The summed E-state index contributed by atoms with van der Waals surface area (Å²) in [7, 11) is 0. The number of piperidine rings is 1. The number of nitrogens with one attached hydrogen (secondary N) is 2. The second-order valence-electron chi connectivity index (χ2n) is 9.44. The van der Waals surface area contributed by atoms with Crippen molar-refractivity contribution in [1.29, 1.82) is 0 Å². The Kier molecular flexibility index (Phi) is 8.87. The number of alkyl halides is 4. The van der Waals surface area contributed by atoms with E-state index in [9.17, 15) is 22.4 Å². The fraction of sp³-hybridized carbons (Fsp3) is 0.480. The molecule has 0 spiro atoms. The van der Waals surface area contributed by atoms with Crippen molar-refractivity contribution in [2.24, 2.45) is 5.92 Å². The first kappa shape index (κ1) is 27.8. The quantitative estimate of drug-likeness (QED) is 0.314. The molecule has 0 bridgehead atoms. The molecule has 204 valence electrons. The van der Waals surface area contributed by atoms with Crippen molar-refractivity contribution in [2.45, 2.75) is 51.9 Å². The molecule has 0 aromatic carbocycles. The van der Waals surface area contributed by atoms with Gasteiger partial charge in [-0.15, -0.1) is 0 Å². The molecule has 0 atom stereocenters. The third-order valence-corrected chi connectivity index (χ3v) is 7.28. The normalized spacial score (nSPS) is 15.1. The number of hydrogen-bond acceptors (Lipinski definition) is 8. The van der Waals surface area contributed by atoms with Crippen molar-refractivity contribution in [3.8, 4) is 0 Å². The third-order valence-electron chi connectivity index (χ3n) is 6.43. The molecule has 1 fully saturated rings. The zero-order chi connectivity index (χ0) is 27.3. The SMILES string of the molecule is Cc1nsc(Nc2cnc(C(C)(F)F)cn2)c1C(=O)Nc1ccc(CCC2CCN(CC(F)F)CC2)nc1. The summed E-state index contributed by atoms with van der Waals surface area (Å²) < 4.78 is 56.1. The summed E-state index contributed by atoms with van der Waals surface area (Å²) >= 11 is 1.05. The van der Waals surface area contributed by atoms with Gasteiger partial charge in [-0.05, 0) is 75.3 Å². The summed E-state index contributed by atoms with van der Waals surface area (Å²) in [5.74, 6) is -2.79. The van der Waals surface area contributed by atoms with Crippen LogP contribution in [0.1, 0.15) is 53.6 Å². The van der Waals surface area contributed by atoms with Gasteiger partial charge in [-0.25, -0.2) is 18.7 Å². The van der Waals surface area contributed by atoms with E-state index in [1.165, 1.54) is 6.20 Å². The molecule has 3 aromatic rings. The maximum atomic E-state index is 13.4. The van der Waals surface area contributed by atoms with E-state index in [1.54, 1.807) is 19.2 Å². The van der Waals surface area contributed by atoms with Crippen LogP contribution in [0.4, 0.5) is 34.1 Å². The molecule has 3 aromatic heterocycles. The summed E-state index contributed by atoms with van der Waals surface area (Å²) in [6.45, 7) is 3.69. The molecule has 2 N–H and O–H groups in total. The Morgan fingerprint density at radius 1 is 1.16 bits per heavy atom. The molecule has 1 amide bonds. The van der Waals surface area contributed by atoms with E-state index in [1.807, 2.05) is 11.0 Å². The predicted molar refractivity (Wildman–Crippen MR) is 137 cm³/mol. The van der Waals surface area contributed by atoms with Crippen LogP contribution in [-0.2, 0) is 12.3 Å². The zero-order valence-electron chi connectivity index (χ0n) is 21.1. The van der Waals surface area contributed by atoms with E-state index in [2.05, 4.69) is 30.0 Å². The lowest BCUT2D eigenvalue weighted by Crippen LogP contribution is -2.36. The highest BCUT2D eigenvalue weighted by atomic mass is 32.1. The summed E-state index contributed by atoms with van der Waals surface area (Å²) in [5.41, 5.74) is 1.78. The van der Waals surface area contributed by atoms with Gasteiger partial charge in [0, 0.05) is 12.6 Å². The summed E-state index contributed by atoms with van der Waals surface area (Å²) in [5, 5.41) is 6.16. The third kappa shape index (κ3) is 7.44. The second kappa shape index (κ2) is 12.1. The number of aryl methyl sites for hydroxylation is 2. The number of pyridine rings is 1. The molecule has 38 heavy (non-hydrogen) atoms. The average molecular weight is 552 g/mol. The molecule has 13 heteroatoms. The van der Waals surface area contributed by atoms with Crippen LogP contribution in [0.2, 0.25) is 0 Å². The molecular weight excluding hydrogens is 522 g/mol. The van der Waals surface area contributed by atoms with Crippen LogP contribution in [0.15, 0.2) is 30.7 Å². The van der Waals surface area contributed by atoms with Crippen LogP contribution in [0, 0.1) is 12.8 Å².